The Morgan fingerprint density at radius 3 is 2.33 bits per heavy atom. The van der Waals surface area contributed by atoms with Crippen LogP contribution in [-0.4, -0.2) is 58.8 Å². The molecule has 3 N–H and O–H groups in total. The number of carbonyl (C=O) groups is 2. The van der Waals surface area contributed by atoms with Crippen LogP contribution in [0.15, 0.2) is 0 Å². The lowest BCUT2D eigenvalue weighted by Gasteiger charge is -2.39. The molecule has 21 heavy (non-hydrogen) atoms. The summed E-state index contributed by atoms with van der Waals surface area (Å²) in [6.07, 6.45) is 7.12. The number of hydrogen-bond donors (Lipinski definition) is 3. The maximum Gasteiger partial charge on any atom is 0.317 e. The summed E-state index contributed by atoms with van der Waals surface area (Å²) >= 11 is 0. The lowest BCUT2D eigenvalue weighted by Crippen LogP contribution is -2.53. The number of likely N-dealkylation sites (tertiary alicyclic amines) is 1. The Hall–Kier alpha value is -1.14. The molecule has 1 saturated carbocycles. The highest BCUT2D eigenvalue weighted by atomic mass is 16.4. The van der Waals surface area contributed by atoms with Crippen LogP contribution in [0.5, 0.6) is 0 Å². The molecule has 0 bridgehead atoms. The molecule has 0 aromatic rings. The molecule has 0 aromatic carbocycles. The standard InChI is InChI=1S/C15H26N2O4/c18-14(19)7-11-6-13(9-17(8-11)10-15(20)21)16-12-4-2-1-3-5-12/h11-13,16H,1-10H2,(H,18,19)(H,20,21). The number of hydrogen-bond acceptors (Lipinski definition) is 4. The van der Waals surface area contributed by atoms with Crippen molar-refractivity contribution in [3.63, 3.8) is 0 Å². The topological polar surface area (TPSA) is 89.9 Å². The van der Waals surface area contributed by atoms with Crippen molar-refractivity contribution in [2.24, 2.45) is 5.92 Å². The van der Waals surface area contributed by atoms with Crippen LogP contribution < -0.4 is 5.32 Å². The molecule has 2 aliphatic rings. The van der Waals surface area contributed by atoms with Crippen molar-refractivity contribution in [1.29, 1.82) is 0 Å². The van der Waals surface area contributed by atoms with Crippen molar-refractivity contribution in [2.45, 2.75) is 57.0 Å². The number of nitrogens with zero attached hydrogens (tertiary/aromatic N) is 1. The van der Waals surface area contributed by atoms with Gasteiger partial charge in [-0.1, -0.05) is 19.3 Å². The Morgan fingerprint density at radius 1 is 1.00 bits per heavy atom. The molecular weight excluding hydrogens is 272 g/mol. The van der Waals surface area contributed by atoms with Gasteiger partial charge >= 0.3 is 11.9 Å². The van der Waals surface area contributed by atoms with Crippen LogP contribution in [0.1, 0.15) is 44.9 Å². The first-order chi connectivity index (χ1) is 10.0. The summed E-state index contributed by atoms with van der Waals surface area (Å²) in [4.78, 5) is 23.7. The van der Waals surface area contributed by atoms with Gasteiger partial charge in [0.05, 0.1) is 6.54 Å². The van der Waals surface area contributed by atoms with E-state index in [1.54, 1.807) is 0 Å². The Labute approximate surface area is 125 Å². The van der Waals surface area contributed by atoms with Crippen LogP contribution in [0.3, 0.4) is 0 Å². The van der Waals surface area contributed by atoms with Crippen molar-refractivity contribution < 1.29 is 19.8 Å². The summed E-state index contributed by atoms with van der Waals surface area (Å²) in [5, 5.41) is 21.6. The summed E-state index contributed by atoms with van der Waals surface area (Å²) in [5.74, 6) is -1.60. The zero-order chi connectivity index (χ0) is 15.2. The summed E-state index contributed by atoms with van der Waals surface area (Å²) < 4.78 is 0. The van der Waals surface area contributed by atoms with E-state index < -0.39 is 11.9 Å². The third-order valence-corrected chi connectivity index (χ3v) is 4.51. The van der Waals surface area contributed by atoms with E-state index >= 15 is 0 Å². The molecule has 6 nitrogen and oxygen atoms in total. The summed E-state index contributed by atoms with van der Waals surface area (Å²) in [6.45, 7) is 1.28. The lowest BCUT2D eigenvalue weighted by molar-refractivity contribution is -0.139. The molecule has 2 rings (SSSR count). The van der Waals surface area contributed by atoms with E-state index in [1.165, 1.54) is 32.1 Å². The molecule has 1 aliphatic carbocycles. The molecule has 0 aromatic heterocycles. The van der Waals surface area contributed by atoms with Crippen LogP contribution >= 0.6 is 0 Å². The van der Waals surface area contributed by atoms with E-state index in [0.29, 0.717) is 19.1 Å². The summed E-state index contributed by atoms with van der Waals surface area (Å²) in [5.41, 5.74) is 0. The zero-order valence-corrected chi connectivity index (χ0v) is 12.5. The maximum absolute atomic E-state index is 10.9. The predicted molar refractivity (Wildman–Crippen MR) is 78.2 cm³/mol. The minimum atomic E-state index is -0.845. The van der Waals surface area contributed by atoms with Gasteiger partial charge in [-0.3, -0.25) is 14.5 Å². The Bertz CT molecular complexity index is 345. The van der Waals surface area contributed by atoms with Gasteiger partial charge in [0.25, 0.3) is 0 Å². The smallest absolute Gasteiger partial charge is 0.317 e. The largest absolute Gasteiger partial charge is 0.481 e. The van der Waals surface area contributed by atoms with Gasteiger partial charge in [0.15, 0.2) is 0 Å². The van der Waals surface area contributed by atoms with Gasteiger partial charge in [0.1, 0.15) is 0 Å². The molecule has 2 atom stereocenters. The molecule has 1 aliphatic heterocycles. The van der Waals surface area contributed by atoms with Crippen molar-refractivity contribution >= 4 is 11.9 Å². The highest BCUT2D eigenvalue weighted by Crippen LogP contribution is 2.23. The molecule has 120 valence electrons. The number of piperidine rings is 1. The van der Waals surface area contributed by atoms with Gasteiger partial charge in [-0.25, -0.2) is 0 Å². The fourth-order valence-electron chi connectivity index (χ4n) is 3.74. The zero-order valence-electron chi connectivity index (χ0n) is 12.5. The average molecular weight is 298 g/mol. The van der Waals surface area contributed by atoms with Crippen molar-refractivity contribution in [3.8, 4) is 0 Å². The minimum absolute atomic E-state index is 0.00103. The van der Waals surface area contributed by atoms with Crippen LogP contribution in [0.2, 0.25) is 0 Å². The number of nitrogens with one attached hydrogen (secondary N) is 1. The first kappa shape index (κ1) is 16.2. The van der Waals surface area contributed by atoms with Crippen LogP contribution in [0.4, 0.5) is 0 Å². The second-order valence-electron chi connectivity index (χ2n) is 6.49. The third-order valence-electron chi connectivity index (χ3n) is 4.51. The Balaban J connectivity index is 1.90. The average Bonchev–Trinajstić information content (AvgIpc) is 2.37. The third kappa shape index (κ3) is 5.63. The summed E-state index contributed by atoms with van der Waals surface area (Å²) in [7, 11) is 0. The van der Waals surface area contributed by atoms with Gasteiger partial charge in [0, 0.05) is 31.6 Å². The van der Waals surface area contributed by atoms with E-state index in [-0.39, 0.29) is 24.9 Å². The van der Waals surface area contributed by atoms with Gasteiger partial charge in [-0.2, -0.15) is 0 Å². The van der Waals surface area contributed by atoms with Gasteiger partial charge < -0.3 is 15.5 Å². The Morgan fingerprint density at radius 2 is 1.71 bits per heavy atom. The second-order valence-corrected chi connectivity index (χ2v) is 6.49. The van der Waals surface area contributed by atoms with Crippen molar-refractivity contribution in [2.75, 3.05) is 19.6 Å². The summed E-state index contributed by atoms with van der Waals surface area (Å²) in [6, 6.07) is 0.726. The molecule has 2 fully saturated rings. The molecular formula is C15H26N2O4. The Kier molecular flexibility index (Phi) is 5.99. The molecule has 6 heteroatoms. The van der Waals surface area contributed by atoms with Crippen LogP contribution in [-0.2, 0) is 9.59 Å². The monoisotopic (exact) mass is 298 g/mol. The number of carboxylic acids is 2. The van der Waals surface area contributed by atoms with E-state index in [4.69, 9.17) is 10.2 Å². The molecule has 1 heterocycles. The van der Waals surface area contributed by atoms with Crippen molar-refractivity contribution in [1.82, 2.24) is 10.2 Å². The van der Waals surface area contributed by atoms with E-state index in [2.05, 4.69) is 5.32 Å². The number of rotatable bonds is 6. The fourth-order valence-corrected chi connectivity index (χ4v) is 3.74. The van der Waals surface area contributed by atoms with Gasteiger partial charge in [0.2, 0.25) is 0 Å². The van der Waals surface area contributed by atoms with Crippen molar-refractivity contribution in [3.05, 3.63) is 0 Å². The molecule has 0 radical (unpaired) electrons. The molecule has 0 amide bonds. The van der Waals surface area contributed by atoms with Crippen LogP contribution in [0, 0.1) is 5.92 Å². The minimum Gasteiger partial charge on any atom is -0.481 e. The SMILES string of the molecule is O=C(O)CC1CC(NC2CCCCC2)CN(CC(=O)O)C1. The predicted octanol–water partition coefficient (Wildman–Crippen LogP) is 1.16. The molecule has 2 unspecified atom stereocenters. The lowest BCUT2D eigenvalue weighted by atomic mass is 9.89. The highest BCUT2D eigenvalue weighted by Gasteiger charge is 2.30. The van der Waals surface area contributed by atoms with Crippen LogP contribution in [0.25, 0.3) is 0 Å². The molecule has 0 spiro atoms. The van der Waals surface area contributed by atoms with Gasteiger partial charge in [-0.05, 0) is 25.2 Å². The first-order valence-corrected chi connectivity index (χ1v) is 7.95. The highest BCUT2D eigenvalue weighted by molar-refractivity contribution is 5.69. The first-order valence-electron chi connectivity index (χ1n) is 7.95. The van der Waals surface area contributed by atoms with E-state index in [1.807, 2.05) is 4.90 Å². The number of aliphatic carboxylic acids is 2. The van der Waals surface area contributed by atoms with E-state index in [0.717, 1.165) is 6.42 Å². The molecule has 1 saturated heterocycles. The maximum atomic E-state index is 10.9. The quantitative estimate of drug-likeness (QED) is 0.682. The number of carboxylic acid groups (broad SMARTS) is 2. The fraction of sp³-hybridized carbons (Fsp3) is 0.867. The normalized spacial score (nSPS) is 28.4. The van der Waals surface area contributed by atoms with E-state index in [9.17, 15) is 9.59 Å². The second kappa shape index (κ2) is 7.75. The van der Waals surface area contributed by atoms with Gasteiger partial charge in [-0.15, -0.1) is 0 Å².